The highest BCUT2D eigenvalue weighted by atomic mass is 16.5. The molecule has 0 spiro atoms. The van der Waals surface area contributed by atoms with E-state index in [1.165, 1.54) is 6.07 Å². The Balaban J connectivity index is 1.69. The Morgan fingerprint density at radius 2 is 2.07 bits per heavy atom. The van der Waals surface area contributed by atoms with E-state index in [0.29, 0.717) is 23.6 Å². The van der Waals surface area contributed by atoms with Crippen molar-refractivity contribution in [3.63, 3.8) is 0 Å². The predicted octanol–water partition coefficient (Wildman–Crippen LogP) is 3.43. The highest BCUT2D eigenvalue weighted by molar-refractivity contribution is 5.96. The van der Waals surface area contributed by atoms with Gasteiger partial charge in [-0.05, 0) is 49.1 Å². The lowest BCUT2D eigenvalue weighted by molar-refractivity contribution is -0.115. The van der Waals surface area contributed by atoms with E-state index >= 15 is 0 Å². The number of carbonyl (C=O) groups is 2. The first-order valence-electron chi connectivity index (χ1n) is 8.99. The Kier molecular flexibility index (Phi) is 6.08. The van der Waals surface area contributed by atoms with Gasteiger partial charge in [-0.15, -0.1) is 0 Å². The van der Waals surface area contributed by atoms with Crippen LogP contribution in [0.15, 0.2) is 42.5 Å². The van der Waals surface area contributed by atoms with Gasteiger partial charge in [-0.25, -0.2) is 4.79 Å². The molecule has 27 heavy (non-hydrogen) atoms. The summed E-state index contributed by atoms with van der Waals surface area (Å²) in [5.74, 6) is -0.755. The summed E-state index contributed by atoms with van der Waals surface area (Å²) in [5, 5.41) is 12.1. The third-order valence-corrected chi connectivity index (χ3v) is 4.46. The number of anilines is 1. The van der Waals surface area contributed by atoms with Crippen LogP contribution in [0.4, 0.5) is 5.69 Å². The van der Waals surface area contributed by atoms with Gasteiger partial charge in [0.1, 0.15) is 12.4 Å². The predicted molar refractivity (Wildman–Crippen MR) is 101 cm³/mol. The van der Waals surface area contributed by atoms with Crippen molar-refractivity contribution < 1.29 is 24.2 Å². The molecule has 1 unspecified atom stereocenters. The number of nitrogens with one attached hydrogen (secondary N) is 1. The molecule has 1 saturated heterocycles. The molecule has 0 saturated carbocycles. The van der Waals surface area contributed by atoms with Gasteiger partial charge >= 0.3 is 5.97 Å². The van der Waals surface area contributed by atoms with E-state index in [9.17, 15) is 14.7 Å². The van der Waals surface area contributed by atoms with E-state index in [-0.39, 0.29) is 24.0 Å². The van der Waals surface area contributed by atoms with Crippen LogP contribution in [0.1, 0.15) is 34.3 Å². The number of aryl methyl sites for hydroxylation is 1. The summed E-state index contributed by atoms with van der Waals surface area (Å²) in [5.41, 5.74) is 2.19. The van der Waals surface area contributed by atoms with Crippen LogP contribution in [0.2, 0.25) is 0 Å². The summed E-state index contributed by atoms with van der Waals surface area (Å²) in [6.45, 7) is 3.15. The van der Waals surface area contributed by atoms with Crippen molar-refractivity contribution in [3.05, 3.63) is 59.2 Å². The zero-order chi connectivity index (χ0) is 19.2. The number of carboxylic acids is 1. The first-order valence-corrected chi connectivity index (χ1v) is 8.99. The third-order valence-electron chi connectivity index (χ3n) is 4.46. The van der Waals surface area contributed by atoms with Crippen LogP contribution in [-0.4, -0.2) is 36.3 Å². The van der Waals surface area contributed by atoms with Crippen molar-refractivity contribution in [2.45, 2.75) is 32.3 Å². The van der Waals surface area contributed by atoms with Gasteiger partial charge in [-0.1, -0.05) is 24.3 Å². The number of benzene rings is 2. The Bertz CT molecular complexity index is 827. The van der Waals surface area contributed by atoms with Crippen LogP contribution in [-0.2, 0) is 16.0 Å². The molecule has 6 nitrogen and oxygen atoms in total. The van der Waals surface area contributed by atoms with E-state index < -0.39 is 5.97 Å². The van der Waals surface area contributed by atoms with Gasteiger partial charge in [-0.2, -0.15) is 0 Å². The van der Waals surface area contributed by atoms with Crippen LogP contribution in [0.25, 0.3) is 0 Å². The maximum atomic E-state index is 12.5. The van der Waals surface area contributed by atoms with Crippen molar-refractivity contribution in [1.29, 1.82) is 0 Å². The number of carboxylic acid groups (broad SMARTS) is 1. The molecule has 1 fully saturated rings. The fraction of sp³-hybridized carbons (Fsp3) is 0.333. The maximum absolute atomic E-state index is 12.5. The van der Waals surface area contributed by atoms with Gasteiger partial charge in [0.15, 0.2) is 0 Å². The minimum atomic E-state index is -1.05. The smallest absolute Gasteiger partial charge is 0.335 e. The Hall–Kier alpha value is -2.86. The molecule has 0 radical (unpaired) electrons. The standard InChI is InChI=1S/C21H23NO5/c1-14-8-9-18(19(11-14)27-13-16-6-4-10-26-16)22-20(23)12-15-5-2-3-7-17(15)21(24)25/h2-3,5,7-9,11,16H,4,6,10,12-13H2,1H3,(H,22,23)(H,24,25). The number of hydrogen-bond donors (Lipinski definition) is 2. The zero-order valence-corrected chi connectivity index (χ0v) is 15.2. The van der Waals surface area contributed by atoms with Crippen molar-refractivity contribution in [2.24, 2.45) is 0 Å². The quantitative estimate of drug-likeness (QED) is 0.781. The minimum Gasteiger partial charge on any atom is -0.489 e. The first kappa shape index (κ1) is 18.9. The molecule has 142 valence electrons. The van der Waals surface area contributed by atoms with E-state index in [1.54, 1.807) is 24.3 Å². The monoisotopic (exact) mass is 369 g/mol. The highest BCUT2D eigenvalue weighted by Gasteiger charge is 2.18. The molecule has 6 heteroatoms. The normalized spacial score (nSPS) is 16.1. The van der Waals surface area contributed by atoms with E-state index in [1.807, 2.05) is 19.1 Å². The van der Waals surface area contributed by atoms with Crippen LogP contribution in [0.5, 0.6) is 5.75 Å². The van der Waals surface area contributed by atoms with Gasteiger partial charge in [0.25, 0.3) is 0 Å². The van der Waals surface area contributed by atoms with Gasteiger partial charge in [-0.3, -0.25) is 4.79 Å². The first-order chi connectivity index (χ1) is 13.0. The van der Waals surface area contributed by atoms with E-state index in [4.69, 9.17) is 9.47 Å². The molecule has 1 aliphatic rings. The molecule has 3 rings (SSSR count). The van der Waals surface area contributed by atoms with Crippen molar-refractivity contribution in [2.75, 3.05) is 18.5 Å². The van der Waals surface area contributed by atoms with Gasteiger partial charge in [0, 0.05) is 6.61 Å². The van der Waals surface area contributed by atoms with E-state index in [0.717, 1.165) is 25.0 Å². The highest BCUT2D eigenvalue weighted by Crippen LogP contribution is 2.27. The van der Waals surface area contributed by atoms with Gasteiger partial charge in [0.05, 0.1) is 23.8 Å². The third kappa shape index (κ3) is 5.08. The summed E-state index contributed by atoms with van der Waals surface area (Å²) in [6.07, 6.45) is 2.06. The van der Waals surface area contributed by atoms with Crippen LogP contribution in [0.3, 0.4) is 0 Å². The van der Waals surface area contributed by atoms with E-state index in [2.05, 4.69) is 5.32 Å². The average molecular weight is 369 g/mol. The lowest BCUT2D eigenvalue weighted by Crippen LogP contribution is -2.19. The largest absolute Gasteiger partial charge is 0.489 e. The Labute approximate surface area is 158 Å². The van der Waals surface area contributed by atoms with Crippen LogP contribution in [0, 0.1) is 6.92 Å². The average Bonchev–Trinajstić information content (AvgIpc) is 3.15. The molecule has 1 amide bonds. The minimum absolute atomic E-state index is 0.0263. The molecule has 2 aromatic carbocycles. The van der Waals surface area contributed by atoms with Gasteiger partial charge < -0.3 is 19.9 Å². The fourth-order valence-corrected chi connectivity index (χ4v) is 3.06. The number of rotatable bonds is 7. The lowest BCUT2D eigenvalue weighted by Gasteiger charge is -2.16. The zero-order valence-electron chi connectivity index (χ0n) is 15.2. The van der Waals surface area contributed by atoms with Crippen molar-refractivity contribution >= 4 is 17.6 Å². The molecular weight excluding hydrogens is 346 g/mol. The molecule has 0 aliphatic carbocycles. The second kappa shape index (κ2) is 8.68. The molecule has 0 bridgehead atoms. The topological polar surface area (TPSA) is 84.9 Å². The summed E-state index contributed by atoms with van der Waals surface area (Å²) in [6, 6.07) is 12.1. The molecule has 0 aromatic heterocycles. The molecule has 2 aromatic rings. The molecule has 1 atom stereocenters. The number of ether oxygens (including phenoxy) is 2. The summed E-state index contributed by atoms with van der Waals surface area (Å²) < 4.78 is 11.5. The van der Waals surface area contributed by atoms with Gasteiger partial charge in [0.2, 0.25) is 5.91 Å². The fourth-order valence-electron chi connectivity index (χ4n) is 3.06. The second-order valence-electron chi connectivity index (χ2n) is 6.63. The lowest BCUT2D eigenvalue weighted by atomic mass is 10.0. The molecular formula is C21H23NO5. The number of aromatic carboxylic acids is 1. The number of amides is 1. The van der Waals surface area contributed by atoms with Crippen LogP contribution >= 0.6 is 0 Å². The number of hydrogen-bond acceptors (Lipinski definition) is 4. The molecule has 1 heterocycles. The Morgan fingerprint density at radius 1 is 1.26 bits per heavy atom. The SMILES string of the molecule is Cc1ccc(NC(=O)Cc2ccccc2C(=O)O)c(OCC2CCCO2)c1. The Morgan fingerprint density at radius 3 is 2.81 bits per heavy atom. The van der Waals surface area contributed by atoms with Crippen LogP contribution < -0.4 is 10.1 Å². The summed E-state index contributed by atoms with van der Waals surface area (Å²) >= 11 is 0. The maximum Gasteiger partial charge on any atom is 0.335 e. The summed E-state index contributed by atoms with van der Waals surface area (Å²) in [4.78, 5) is 23.8. The number of carbonyl (C=O) groups excluding carboxylic acids is 1. The molecule has 1 aliphatic heterocycles. The summed E-state index contributed by atoms with van der Waals surface area (Å²) in [7, 11) is 0. The second-order valence-corrected chi connectivity index (χ2v) is 6.63. The van der Waals surface area contributed by atoms with Crippen molar-refractivity contribution in [1.82, 2.24) is 0 Å². The van der Waals surface area contributed by atoms with Crippen molar-refractivity contribution in [3.8, 4) is 5.75 Å². The molecule has 2 N–H and O–H groups in total.